The lowest BCUT2D eigenvalue weighted by Gasteiger charge is -2.13. The van der Waals surface area contributed by atoms with Crippen molar-refractivity contribution in [3.63, 3.8) is 0 Å². The quantitative estimate of drug-likeness (QED) is 0.667. The summed E-state index contributed by atoms with van der Waals surface area (Å²) in [5.41, 5.74) is 0.980. The van der Waals surface area contributed by atoms with Gasteiger partial charge in [-0.2, -0.15) is 0 Å². The van der Waals surface area contributed by atoms with E-state index in [0.29, 0.717) is 21.4 Å². The Bertz CT molecular complexity index is 1090. The summed E-state index contributed by atoms with van der Waals surface area (Å²) in [6, 6.07) is 9.79. The van der Waals surface area contributed by atoms with Crippen molar-refractivity contribution in [1.82, 2.24) is 10.2 Å². The largest absolute Gasteiger partial charge is 0.454 e. The number of halogens is 2. The molecule has 0 spiro atoms. The standard InChI is InChI=1S/C20H14Cl2N2O5S/c21-12-2-3-13(14(22)9-12)18(25)23-5-6-24-19(26)17(30-20(24)27)8-11-1-4-15-16(7-11)29-10-28-15/h1-4,7-9H,5-6,10H2,(H,23,25)/b17-8-. The fraction of sp³-hybridized carbons (Fsp3) is 0.150. The molecule has 0 aromatic heterocycles. The zero-order chi connectivity index (χ0) is 21.3. The van der Waals surface area contributed by atoms with E-state index >= 15 is 0 Å². The van der Waals surface area contributed by atoms with Gasteiger partial charge in [-0.15, -0.1) is 0 Å². The van der Waals surface area contributed by atoms with Gasteiger partial charge in [0.15, 0.2) is 11.5 Å². The fourth-order valence-electron chi connectivity index (χ4n) is 2.90. The SMILES string of the molecule is O=C(NCCN1C(=O)S/C(=C\c2ccc3c(c2)OCO3)C1=O)c1ccc(Cl)cc1Cl. The topological polar surface area (TPSA) is 84.9 Å². The van der Waals surface area contributed by atoms with Crippen LogP contribution in [0.1, 0.15) is 15.9 Å². The predicted octanol–water partition coefficient (Wildman–Crippen LogP) is 4.19. The monoisotopic (exact) mass is 464 g/mol. The van der Waals surface area contributed by atoms with Crippen molar-refractivity contribution in [2.24, 2.45) is 0 Å². The molecule has 1 fully saturated rings. The molecule has 2 heterocycles. The van der Waals surface area contributed by atoms with Gasteiger partial charge in [0.2, 0.25) is 6.79 Å². The number of hydrogen-bond donors (Lipinski definition) is 1. The van der Waals surface area contributed by atoms with Gasteiger partial charge < -0.3 is 14.8 Å². The number of benzene rings is 2. The second-order valence-electron chi connectivity index (χ2n) is 6.33. The Balaban J connectivity index is 1.38. The number of rotatable bonds is 5. The number of ether oxygens (including phenoxy) is 2. The molecular formula is C20H14Cl2N2O5S. The van der Waals surface area contributed by atoms with E-state index in [1.54, 1.807) is 30.3 Å². The molecule has 2 aromatic rings. The lowest BCUT2D eigenvalue weighted by Crippen LogP contribution is -2.37. The summed E-state index contributed by atoms with van der Waals surface area (Å²) in [6.07, 6.45) is 1.62. The number of imide groups is 1. The van der Waals surface area contributed by atoms with Crippen LogP contribution in [-0.4, -0.2) is 41.8 Å². The first-order valence-electron chi connectivity index (χ1n) is 8.80. The Morgan fingerprint density at radius 1 is 1.13 bits per heavy atom. The molecule has 2 aliphatic heterocycles. The van der Waals surface area contributed by atoms with Crippen LogP contribution >= 0.6 is 35.0 Å². The van der Waals surface area contributed by atoms with Gasteiger partial charge in [-0.25, -0.2) is 0 Å². The van der Waals surface area contributed by atoms with Gasteiger partial charge >= 0.3 is 0 Å². The average Bonchev–Trinajstić information content (AvgIpc) is 3.27. The third kappa shape index (κ3) is 4.26. The van der Waals surface area contributed by atoms with Crippen molar-refractivity contribution >= 4 is 58.1 Å². The van der Waals surface area contributed by atoms with Crippen LogP contribution in [0, 0.1) is 0 Å². The van der Waals surface area contributed by atoms with Crippen LogP contribution in [0.2, 0.25) is 10.0 Å². The molecule has 0 unspecified atom stereocenters. The Hall–Kier alpha value is -2.68. The van der Waals surface area contributed by atoms with E-state index in [0.717, 1.165) is 22.2 Å². The van der Waals surface area contributed by atoms with E-state index in [1.165, 1.54) is 12.1 Å². The minimum atomic E-state index is -0.417. The van der Waals surface area contributed by atoms with Gasteiger partial charge in [0.1, 0.15) is 0 Å². The summed E-state index contributed by atoms with van der Waals surface area (Å²) in [5, 5.41) is 2.89. The van der Waals surface area contributed by atoms with Crippen molar-refractivity contribution < 1.29 is 23.9 Å². The van der Waals surface area contributed by atoms with E-state index in [2.05, 4.69) is 5.32 Å². The van der Waals surface area contributed by atoms with Crippen molar-refractivity contribution in [3.8, 4) is 11.5 Å². The summed E-state index contributed by atoms with van der Waals surface area (Å²) in [6.45, 7) is 0.287. The molecule has 1 N–H and O–H groups in total. The Labute approximate surface area is 185 Å². The number of hydrogen-bond acceptors (Lipinski definition) is 6. The van der Waals surface area contributed by atoms with Gasteiger partial charge in [0, 0.05) is 18.1 Å². The van der Waals surface area contributed by atoms with Gasteiger partial charge in [0.05, 0.1) is 15.5 Å². The third-order valence-corrected chi connectivity index (χ3v) is 5.82. The number of fused-ring (bicyclic) bond motifs is 1. The Morgan fingerprint density at radius 2 is 1.93 bits per heavy atom. The lowest BCUT2D eigenvalue weighted by molar-refractivity contribution is -0.122. The summed E-state index contributed by atoms with van der Waals surface area (Å²) in [5.74, 6) is 0.393. The molecule has 2 aromatic carbocycles. The molecule has 1 saturated heterocycles. The van der Waals surface area contributed by atoms with Crippen LogP contribution in [0.5, 0.6) is 11.5 Å². The molecule has 3 amide bonds. The van der Waals surface area contributed by atoms with E-state index < -0.39 is 17.1 Å². The van der Waals surface area contributed by atoms with E-state index in [-0.39, 0.29) is 30.5 Å². The number of carbonyl (C=O) groups is 3. The van der Waals surface area contributed by atoms with E-state index in [1.807, 2.05) is 0 Å². The second kappa shape index (κ2) is 8.59. The van der Waals surface area contributed by atoms with Gasteiger partial charge in [-0.1, -0.05) is 29.3 Å². The Morgan fingerprint density at radius 3 is 2.73 bits per heavy atom. The summed E-state index contributed by atoms with van der Waals surface area (Å²) >= 11 is 12.7. The third-order valence-electron chi connectivity index (χ3n) is 4.36. The molecule has 2 aliphatic rings. The van der Waals surface area contributed by atoms with Crippen molar-refractivity contribution in [1.29, 1.82) is 0 Å². The molecule has 10 heteroatoms. The first kappa shape index (κ1) is 20.6. The zero-order valence-corrected chi connectivity index (χ0v) is 17.6. The highest BCUT2D eigenvalue weighted by molar-refractivity contribution is 8.18. The van der Waals surface area contributed by atoms with Crippen molar-refractivity contribution in [3.05, 3.63) is 62.5 Å². The van der Waals surface area contributed by atoms with Crippen molar-refractivity contribution in [2.45, 2.75) is 0 Å². The molecule has 0 atom stereocenters. The minimum Gasteiger partial charge on any atom is -0.454 e. The molecule has 7 nitrogen and oxygen atoms in total. The number of amides is 3. The second-order valence-corrected chi connectivity index (χ2v) is 8.16. The van der Waals surface area contributed by atoms with Crippen LogP contribution < -0.4 is 14.8 Å². The van der Waals surface area contributed by atoms with E-state index in [9.17, 15) is 14.4 Å². The summed E-state index contributed by atoms with van der Waals surface area (Å²) in [7, 11) is 0. The van der Waals surface area contributed by atoms with Gasteiger partial charge in [0.25, 0.3) is 17.1 Å². The maximum atomic E-state index is 12.6. The Kier molecular flexibility index (Phi) is 5.90. The molecule has 0 bridgehead atoms. The lowest BCUT2D eigenvalue weighted by atomic mass is 10.2. The molecule has 0 aliphatic carbocycles. The zero-order valence-electron chi connectivity index (χ0n) is 15.3. The number of nitrogens with one attached hydrogen (secondary N) is 1. The fourth-order valence-corrected chi connectivity index (χ4v) is 4.26. The molecule has 154 valence electrons. The smallest absolute Gasteiger partial charge is 0.293 e. The first-order valence-corrected chi connectivity index (χ1v) is 10.4. The first-order chi connectivity index (χ1) is 14.4. The highest BCUT2D eigenvalue weighted by atomic mass is 35.5. The van der Waals surface area contributed by atoms with Crippen LogP contribution in [0.15, 0.2) is 41.3 Å². The minimum absolute atomic E-state index is 0.0418. The molecule has 4 rings (SSSR count). The predicted molar refractivity (Wildman–Crippen MR) is 114 cm³/mol. The highest BCUT2D eigenvalue weighted by Gasteiger charge is 2.34. The van der Waals surface area contributed by atoms with Gasteiger partial charge in [-0.3, -0.25) is 19.3 Å². The number of nitrogens with zero attached hydrogens (tertiary/aromatic N) is 1. The molecule has 0 radical (unpaired) electrons. The van der Waals surface area contributed by atoms with Crippen LogP contribution in [0.25, 0.3) is 6.08 Å². The average molecular weight is 465 g/mol. The molecular weight excluding hydrogens is 451 g/mol. The normalized spacial score (nSPS) is 16.5. The van der Waals surface area contributed by atoms with Crippen molar-refractivity contribution in [2.75, 3.05) is 19.9 Å². The van der Waals surface area contributed by atoms with Crippen LogP contribution in [-0.2, 0) is 4.79 Å². The number of carbonyl (C=O) groups excluding carboxylic acids is 3. The van der Waals surface area contributed by atoms with Gasteiger partial charge in [-0.05, 0) is 53.7 Å². The molecule has 0 saturated carbocycles. The maximum Gasteiger partial charge on any atom is 0.293 e. The van der Waals surface area contributed by atoms with Crippen LogP contribution in [0.3, 0.4) is 0 Å². The number of thioether (sulfide) groups is 1. The molecule has 30 heavy (non-hydrogen) atoms. The summed E-state index contributed by atoms with van der Waals surface area (Å²) < 4.78 is 10.6. The summed E-state index contributed by atoms with van der Waals surface area (Å²) in [4.78, 5) is 38.5. The highest BCUT2D eigenvalue weighted by Crippen LogP contribution is 2.36. The van der Waals surface area contributed by atoms with E-state index in [4.69, 9.17) is 32.7 Å². The maximum absolute atomic E-state index is 12.6. The van der Waals surface area contributed by atoms with Crippen LogP contribution in [0.4, 0.5) is 4.79 Å².